The first-order chi connectivity index (χ1) is 15.4. The number of ether oxygens (including phenoxy) is 1. The van der Waals surface area contributed by atoms with Gasteiger partial charge >= 0.3 is 6.18 Å². The fourth-order valence-electron chi connectivity index (χ4n) is 3.34. The Morgan fingerprint density at radius 3 is 2.69 bits per heavy atom. The number of halogens is 4. The van der Waals surface area contributed by atoms with Crippen molar-refractivity contribution >= 4 is 29.3 Å². The van der Waals surface area contributed by atoms with Gasteiger partial charge in [0, 0.05) is 19.3 Å². The van der Waals surface area contributed by atoms with E-state index in [-0.39, 0.29) is 11.8 Å². The molecule has 11 heteroatoms. The van der Waals surface area contributed by atoms with Crippen LogP contribution in [0, 0.1) is 5.82 Å². The number of benzene rings is 1. The maximum absolute atomic E-state index is 14.1. The van der Waals surface area contributed by atoms with Gasteiger partial charge in [0.15, 0.2) is 11.6 Å². The van der Waals surface area contributed by atoms with E-state index >= 15 is 0 Å². The second-order valence-corrected chi connectivity index (χ2v) is 7.19. The number of nitrogens with one attached hydrogen (secondary N) is 1. The molecule has 32 heavy (non-hydrogen) atoms. The van der Waals surface area contributed by atoms with Gasteiger partial charge in [-0.25, -0.2) is 14.8 Å². The minimum absolute atomic E-state index is 0.140. The fraction of sp³-hybridized carbons (Fsp3) is 0.333. The molecule has 0 spiro atoms. The summed E-state index contributed by atoms with van der Waals surface area (Å²) in [5.74, 6) is -0.198. The molecule has 1 N–H and O–H groups in total. The Morgan fingerprint density at radius 1 is 1.16 bits per heavy atom. The van der Waals surface area contributed by atoms with Gasteiger partial charge in [-0.15, -0.1) is 0 Å². The van der Waals surface area contributed by atoms with E-state index < -0.39 is 17.6 Å². The van der Waals surface area contributed by atoms with Gasteiger partial charge in [-0.2, -0.15) is 23.3 Å². The molecule has 0 atom stereocenters. The van der Waals surface area contributed by atoms with Crippen molar-refractivity contribution in [3.8, 4) is 0 Å². The molecule has 0 unspecified atom stereocenters. The smallest absolute Gasteiger partial charge is 0.378 e. The molecule has 1 saturated heterocycles. The Balaban J connectivity index is 1.41. The van der Waals surface area contributed by atoms with Crippen molar-refractivity contribution in [3.63, 3.8) is 0 Å². The summed E-state index contributed by atoms with van der Waals surface area (Å²) in [6, 6.07) is 5.19. The highest BCUT2D eigenvalue weighted by Gasteiger charge is 2.30. The van der Waals surface area contributed by atoms with E-state index in [2.05, 4.69) is 25.5 Å². The molecule has 0 amide bonds. The highest BCUT2D eigenvalue weighted by molar-refractivity contribution is 6.31. The van der Waals surface area contributed by atoms with Crippen molar-refractivity contribution in [2.24, 2.45) is 10.1 Å². The SMILES string of the molecule is Fc1cnc(N/N=C\C2=NC=C(c3cccc(C(F)(F)F)c3)CC2)nc1N1CCOCC1. The first kappa shape index (κ1) is 21.9. The number of hydrogen-bond acceptors (Lipinski definition) is 7. The van der Waals surface area contributed by atoms with E-state index in [9.17, 15) is 17.6 Å². The van der Waals surface area contributed by atoms with Crippen LogP contribution in [0.4, 0.5) is 29.3 Å². The number of alkyl halides is 3. The Hall–Kier alpha value is -3.34. The lowest BCUT2D eigenvalue weighted by atomic mass is 9.97. The van der Waals surface area contributed by atoms with E-state index in [1.165, 1.54) is 12.3 Å². The maximum atomic E-state index is 14.1. The summed E-state index contributed by atoms with van der Waals surface area (Å²) in [7, 11) is 0. The minimum Gasteiger partial charge on any atom is -0.378 e. The van der Waals surface area contributed by atoms with Crippen LogP contribution in [0.5, 0.6) is 0 Å². The van der Waals surface area contributed by atoms with E-state index in [0.717, 1.165) is 23.9 Å². The van der Waals surface area contributed by atoms with Crippen molar-refractivity contribution in [3.05, 3.63) is 53.6 Å². The predicted molar refractivity (Wildman–Crippen MR) is 113 cm³/mol. The van der Waals surface area contributed by atoms with E-state index in [4.69, 9.17) is 4.74 Å². The molecule has 1 fully saturated rings. The van der Waals surface area contributed by atoms with E-state index in [1.807, 2.05) is 0 Å². The van der Waals surface area contributed by atoms with Crippen LogP contribution >= 0.6 is 0 Å². The molecule has 1 aromatic heterocycles. The van der Waals surface area contributed by atoms with Gasteiger partial charge < -0.3 is 9.64 Å². The van der Waals surface area contributed by atoms with Crippen LogP contribution in [-0.2, 0) is 10.9 Å². The van der Waals surface area contributed by atoms with Gasteiger partial charge in [-0.3, -0.25) is 4.99 Å². The molecule has 7 nitrogen and oxygen atoms in total. The average molecular weight is 448 g/mol. The third kappa shape index (κ3) is 5.28. The number of anilines is 2. The van der Waals surface area contributed by atoms with Crippen LogP contribution in [0.3, 0.4) is 0 Å². The molecule has 3 heterocycles. The molecule has 2 aromatic rings. The van der Waals surface area contributed by atoms with Crippen LogP contribution < -0.4 is 10.3 Å². The zero-order chi connectivity index (χ0) is 22.6. The third-order valence-electron chi connectivity index (χ3n) is 5.01. The van der Waals surface area contributed by atoms with Crippen LogP contribution in [0.2, 0.25) is 0 Å². The Bertz CT molecular complexity index is 1060. The highest BCUT2D eigenvalue weighted by Crippen LogP contribution is 2.32. The molecule has 168 valence electrons. The van der Waals surface area contributed by atoms with Crippen molar-refractivity contribution in [1.82, 2.24) is 9.97 Å². The molecule has 0 saturated carbocycles. The van der Waals surface area contributed by atoms with Crippen molar-refractivity contribution in [2.45, 2.75) is 19.0 Å². The molecular weight excluding hydrogens is 428 g/mol. The number of aliphatic imine (C=N–C) groups is 1. The number of allylic oxidation sites excluding steroid dienone is 1. The van der Waals surface area contributed by atoms with Crippen molar-refractivity contribution in [2.75, 3.05) is 36.6 Å². The summed E-state index contributed by atoms with van der Waals surface area (Å²) < 4.78 is 58.1. The topological polar surface area (TPSA) is 75.0 Å². The van der Waals surface area contributed by atoms with Gasteiger partial charge in [-0.1, -0.05) is 12.1 Å². The summed E-state index contributed by atoms with van der Waals surface area (Å²) in [6.45, 7) is 2.07. The van der Waals surface area contributed by atoms with Gasteiger partial charge in [0.25, 0.3) is 0 Å². The van der Waals surface area contributed by atoms with Gasteiger partial charge in [-0.05, 0) is 36.1 Å². The van der Waals surface area contributed by atoms with Crippen LogP contribution in [0.15, 0.2) is 46.8 Å². The molecule has 0 radical (unpaired) electrons. The lowest BCUT2D eigenvalue weighted by molar-refractivity contribution is -0.137. The maximum Gasteiger partial charge on any atom is 0.416 e. The largest absolute Gasteiger partial charge is 0.416 e. The number of aromatic nitrogens is 2. The summed E-state index contributed by atoms with van der Waals surface area (Å²) in [4.78, 5) is 14.1. The Labute approximate surface area is 181 Å². The number of morpholine rings is 1. The summed E-state index contributed by atoms with van der Waals surface area (Å²) >= 11 is 0. The molecule has 0 bridgehead atoms. The summed E-state index contributed by atoms with van der Waals surface area (Å²) in [6.07, 6.45) is 0.767. The Morgan fingerprint density at radius 2 is 1.97 bits per heavy atom. The molecule has 0 aliphatic carbocycles. The van der Waals surface area contributed by atoms with Gasteiger partial charge in [0.1, 0.15) is 0 Å². The summed E-state index contributed by atoms with van der Waals surface area (Å²) in [5, 5.41) is 4.05. The van der Waals surface area contributed by atoms with Crippen LogP contribution in [0.1, 0.15) is 24.0 Å². The highest BCUT2D eigenvalue weighted by atomic mass is 19.4. The van der Waals surface area contributed by atoms with Crippen LogP contribution in [0.25, 0.3) is 5.57 Å². The lowest BCUT2D eigenvalue weighted by Gasteiger charge is -2.27. The third-order valence-corrected chi connectivity index (χ3v) is 5.01. The molecular formula is C21H20F4N6O. The van der Waals surface area contributed by atoms with Crippen molar-refractivity contribution < 1.29 is 22.3 Å². The minimum atomic E-state index is -4.39. The zero-order valence-corrected chi connectivity index (χ0v) is 16.9. The quantitative estimate of drug-likeness (QED) is 0.423. The van der Waals surface area contributed by atoms with Gasteiger partial charge in [0.2, 0.25) is 5.95 Å². The Kier molecular flexibility index (Phi) is 6.45. The normalized spacial score (nSPS) is 17.3. The number of hydrazone groups is 1. The molecule has 4 rings (SSSR count). The summed E-state index contributed by atoms with van der Waals surface area (Å²) in [5.41, 5.74) is 3.83. The molecule has 1 aromatic carbocycles. The molecule has 2 aliphatic heterocycles. The average Bonchev–Trinajstić information content (AvgIpc) is 2.81. The van der Waals surface area contributed by atoms with E-state index in [1.54, 1.807) is 17.2 Å². The van der Waals surface area contributed by atoms with E-state index in [0.29, 0.717) is 50.4 Å². The molecule has 2 aliphatic rings. The van der Waals surface area contributed by atoms with Crippen molar-refractivity contribution in [1.29, 1.82) is 0 Å². The first-order valence-corrected chi connectivity index (χ1v) is 9.98. The van der Waals surface area contributed by atoms with Gasteiger partial charge in [0.05, 0.1) is 36.9 Å². The fourth-order valence-corrected chi connectivity index (χ4v) is 3.34. The number of rotatable bonds is 5. The number of nitrogens with zero attached hydrogens (tertiary/aromatic N) is 5. The second kappa shape index (κ2) is 9.43. The monoisotopic (exact) mass is 448 g/mol. The second-order valence-electron chi connectivity index (χ2n) is 7.19. The lowest BCUT2D eigenvalue weighted by Crippen LogP contribution is -2.37. The number of hydrogen-bond donors (Lipinski definition) is 1. The van der Waals surface area contributed by atoms with Crippen LogP contribution in [-0.4, -0.2) is 48.2 Å². The zero-order valence-electron chi connectivity index (χ0n) is 16.9. The first-order valence-electron chi connectivity index (χ1n) is 9.98. The predicted octanol–water partition coefficient (Wildman–Crippen LogP) is 4.14. The standard InChI is InChI=1S/C21H20F4N6O/c22-18-13-27-20(29-19(18)31-6-8-32-9-7-31)30-28-12-17-5-4-15(11-26-17)14-2-1-3-16(10-14)21(23,24)25/h1-3,10-13H,4-9H2,(H,27,29,30)/b28-12-.